The Bertz CT molecular complexity index is 849. The molecule has 1 unspecified atom stereocenters. The second-order valence-electron chi connectivity index (χ2n) is 6.93. The second kappa shape index (κ2) is 6.83. The molecule has 1 saturated heterocycles. The molecule has 4 rings (SSSR count). The number of rotatable bonds is 4. The van der Waals surface area contributed by atoms with Crippen LogP contribution in [0.15, 0.2) is 48.5 Å². The molecule has 2 amide bonds. The number of benzene rings is 2. The van der Waals surface area contributed by atoms with Crippen molar-refractivity contribution < 1.29 is 9.59 Å². The summed E-state index contributed by atoms with van der Waals surface area (Å²) in [5, 5.41) is 3.30. The monoisotopic (exact) mass is 349 g/mol. The van der Waals surface area contributed by atoms with Gasteiger partial charge >= 0.3 is 0 Å². The molecule has 1 N–H and O–H groups in total. The molecule has 0 radical (unpaired) electrons. The number of anilines is 3. The lowest BCUT2D eigenvalue weighted by molar-refractivity contribution is -0.119. The van der Waals surface area contributed by atoms with E-state index in [0.29, 0.717) is 6.42 Å². The summed E-state index contributed by atoms with van der Waals surface area (Å²) in [7, 11) is 0. The summed E-state index contributed by atoms with van der Waals surface area (Å²) in [5.41, 5.74) is 3.99. The first kappa shape index (κ1) is 16.6. The standard InChI is InChI=1S/C21H23N3O2/c1-15(21(26)24-13-11-16-6-2-3-9-19(16)24)22-17-7-4-8-18(14-17)23-12-5-10-20(23)25/h2-4,6-9,14-15,22H,5,10-13H2,1H3. The molecule has 26 heavy (non-hydrogen) atoms. The van der Waals surface area contributed by atoms with E-state index in [-0.39, 0.29) is 17.9 Å². The van der Waals surface area contributed by atoms with Gasteiger partial charge in [0.25, 0.3) is 0 Å². The maximum atomic E-state index is 12.9. The van der Waals surface area contributed by atoms with Crippen molar-refractivity contribution in [1.29, 1.82) is 0 Å². The fraction of sp³-hybridized carbons (Fsp3) is 0.333. The normalized spacial score (nSPS) is 17.3. The van der Waals surface area contributed by atoms with Gasteiger partial charge in [-0.25, -0.2) is 0 Å². The Balaban J connectivity index is 1.47. The smallest absolute Gasteiger partial charge is 0.249 e. The quantitative estimate of drug-likeness (QED) is 0.922. The SMILES string of the molecule is CC(Nc1cccc(N2CCCC2=O)c1)C(=O)N1CCc2ccccc21. The lowest BCUT2D eigenvalue weighted by Crippen LogP contribution is -2.40. The number of nitrogens with one attached hydrogen (secondary N) is 1. The molecule has 2 aliphatic heterocycles. The fourth-order valence-electron chi connectivity index (χ4n) is 3.80. The topological polar surface area (TPSA) is 52.7 Å². The van der Waals surface area contributed by atoms with E-state index in [1.54, 1.807) is 0 Å². The molecule has 2 heterocycles. The molecule has 2 aromatic rings. The second-order valence-corrected chi connectivity index (χ2v) is 6.93. The van der Waals surface area contributed by atoms with Crippen LogP contribution in [-0.2, 0) is 16.0 Å². The van der Waals surface area contributed by atoms with Gasteiger partial charge in [0.05, 0.1) is 0 Å². The molecular formula is C21H23N3O2. The number of hydrogen-bond acceptors (Lipinski definition) is 3. The van der Waals surface area contributed by atoms with E-state index in [9.17, 15) is 9.59 Å². The van der Waals surface area contributed by atoms with Crippen molar-refractivity contribution in [2.75, 3.05) is 28.2 Å². The Kier molecular flexibility index (Phi) is 4.37. The third kappa shape index (κ3) is 3.05. The van der Waals surface area contributed by atoms with Crippen LogP contribution >= 0.6 is 0 Å². The first-order chi connectivity index (χ1) is 12.6. The number of para-hydroxylation sites is 1. The predicted molar refractivity (Wildman–Crippen MR) is 104 cm³/mol. The van der Waals surface area contributed by atoms with E-state index in [2.05, 4.69) is 11.4 Å². The van der Waals surface area contributed by atoms with Crippen molar-refractivity contribution in [3.8, 4) is 0 Å². The summed E-state index contributed by atoms with van der Waals surface area (Å²) < 4.78 is 0. The van der Waals surface area contributed by atoms with E-state index in [4.69, 9.17) is 0 Å². The largest absolute Gasteiger partial charge is 0.374 e. The Morgan fingerprint density at radius 3 is 2.73 bits per heavy atom. The molecule has 1 fully saturated rings. The van der Waals surface area contributed by atoms with Gasteiger partial charge in [0.15, 0.2) is 0 Å². The van der Waals surface area contributed by atoms with Gasteiger partial charge < -0.3 is 15.1 Å². The summed E-state index contributed by atoms with van der Waals surface area (Å²) in [5.74, 6) is 0.234. The van der Waals surface area contributed by atoms with Crippen molar-refractivity contribution >= 4 is 28.9 Å². The first-order valence-electron chi connectivity index (χ1n) is 9.20. The predicted octanol–water partition coefficient (Wildman–Crippen LogP) is 3.20. The van der Waals surface area contributed by atoms with Crippen LogP contribution in [0, 0.1) is 0 Å². The molecule has 0 aliphatic carbocycles. The highest BCUT2D eigenvalue weighted by Crippen LogP contribution is 2.29. The Morgan fingerprint density at radius 2 is 1.92 bits per heavy atom. The molecule has 0 spiro atoms. The molecule has 0 saturated carbocycles. The van der Waals surface area contributed by atoms with Crippen molar-refractivity contribution in [2.24, 2.45) is 0 Å². The first-order valence-corrected chi connectivity index (χ1v) is 9.20. The summed E-state index contributed by atoms with van der Waals surface area (Å²) in [6.07, 6.45) is 2.42. The fourth-order valence-corrected chi connectivity index (χ4v) is 3.80. The zero-order valence-corrected chi connectivity index (χ0v) is 14.9. The average Bonchev–Trinajstić information content (AvgIpc) is 3.27. The minimum atomic E-state index is -0.342. The number of carbonyl (C=O) groups excluding carboxylic acids is 2. The van der Waals surface area contributed by atoms with Crippen LogP contribution in [0.4, 0.5) is 17.1 Å². The van der Waals surface area contributed by atoms with E-state index in [1.807, 2.05) is 59.2 Å². The molecule has 0 aromatic heterocycles. The summed E-state index contributed by atoms with van der Waals surface area (Å²) in [6, 6.07) is 15.5. The zero-order chi connectivity index (χ0) is 18.1. The van der Waals surface area contributed by atoms with Gasteiger partial charge in [-0.15, -0.1) is 0 Å². The van der Waals surface area contributed by atoms with Crippen LogP contribution in [0.5, 0.6) is 0 Å². The third-order valence-electron chi connectivity index (χ3n) is 5.14. The maximum absolute atomic E-state index is 12.9. The lowest BCUT2D eigenvalue weighted by atomic mass is 10.2. The number of carbonyl (C=O) groups is 2. The summed E-state index contributed by atoms with van der Waals surface area (Å²) in [6.45, 7) is 3.38. The highest BCUT2D eigenvalue weighted by molar-refractivity contribution is 6.00. The average molecular weight is 349 g/mol. The van der Waals surface area contributed by atoms with Crippen LogP contribution in [0.3, 0.4) is 0 Å². The summed E-state index contributed by atoms with van der Waals surface area (Å²) in [4.78, 5) is 28.5. The molecule has 2 aromatic carbocycles. The van der Waals surface area contributed by atoms with E-state index < -0.39 is 0 Å². The molecule has 2 aliphatic rings. The van der Waals surface area contributed by atoms with Crippen LogP contribution < -0.4 is 15.1 Å². The van der Waals surface area contributed by atoms with Crippen molar-refractivity contribution in [1.82, 2.24) is 0 Å². The highest BCUT2D eigenvalue weighted by Gasteiger charge is 2.28. The minimum Gasteiger partial charge on any atom is -0.374 e. The van der Waals surface area contributed by atoms with Gasteiger partial charge in [0.2, 0.25) is 11.8 Å². The molecule has 0 bridgehead atoms. The van der Waals surface area contributed by atoms with Gasteiger partial charge in [-0.05, 0) is 49.6 Å². The van der Waals surface area contributed by atoms with E-state index >= 15 is 0 Å². The van der Waals surface area contributed by atoms with Crippen LogP contribution in [0.25, 0.3) is 0 Å². The van der Waals surface area contributed by atoms with Crippen molar-refractivity contribution in [2.45, 2.75) is 32.2 Å². The van der Waals surface area contributed by atoms with Gasteiger partial charge in [0.1, 0.15) is 6.04 Å². The molecule has 134 valence electrons. The Labute approximate surface area is 153 Å². The van der Waals surface area contributed by atoms with Crippen molar-refractivity contribution in [3.63, 3.8) is 0 Å². The highest BCUT2D eigenvalue weighted by atomic mass is 16.2. The Morgan fingerprint density at radius 1 is 1.08 bits per heavy atom. The number of hydrogen-bond donors (Lipinski definition) is 1. The van der Waals surface area contributed by atoms with Gasteiger partial charge in [-0.1, -0.05) is 24.3 Å². The molecule has 5 heteroatoms. The van der Waals surface area contributed by atoms with Gasteiger partial charge in [-0.3, -0.25) is 9.59 Å². The van der Waals surface area contributed by atoms with E-state index in [0.717, 1.165) is 43.0 Å². The lowest BCUT2D eigenvalue weighted by Gasteiger charge is -2.24. The van der Waals surface area contributed by atoms with Crippen LogP contribution in [0.1, 0.15) is 25.3 Å². The van der Waals surface area contributed by atoms with Crippen LogP contribution in [0.2, 0.25) is 0 Å². The maximum Gasteiger partial charge on any atom is 0.249 e. The number of amides is 2. The van der Waals surface area contributed by atoms with E-state index in [1.165, 1.54) is 5.56 Å². The number of nitrogens with zero attached hydrogens (tertiary/aromatic N) is 2. The van der Waals surface area contributed by atoms with Gasteiger partial charge in [0, 0.05) is 36.6 Å². The molecule has 1 atom stereocenters. The summed E-state index contributed by atoms with van der Waals surface area (Å²) >= 11 is 0. The zero-order valence-electron chi connectivity index (χ0n) is 14.9. The van der Waals surface area contributed by atoms with Crippen molar-refractivity contribution in [3.05, 3.63) is 54.1 Å². The Hall–Kier alpha value is -2.82. The number of fused-ring (bicyclic) bond motifs is 1. The van der Waals surface area contributed by atoms with Gasteiger partial charge in [-0.2, -0.15) is 0 Å². The third-order valence-corrected chi connectivity index (χ3v) is 5.14. The van der Waals surface area contributed by atoms with Crippen LogP contribution in [-0.4, -0.2) is 30.9 Å². The minimum absolute atomic E-state index is 0.0672. The molecule has 5 nitrogen and oxygen atoms in total. The molecular weight excluding hydrogens is 326 g/mol.